The molecule has 18 nitrogen and oxygen atoms in total. The average Bonchev–Trinajstić information content (AvgIpc) is 3.77. The molecule has 0 saturated carbocycles. The van der Waals surface area contributed by atoms with E-state index in [1.807, 2.05) is 53.4 Å². The molecule has 3 aliphatic heterocycles. The van der Waals surface area contributed by atoms with E-state index in [1.54, 1.807) is 19.2 Å². The monoisotopic (exact) mass is 1010 g/mol. The molecule has 5 heterocycles. The van der Waals surface area contributed by atoms with Crippen molar-refractivity contribution in [2.24, 2.45) is 0 Å². The van der Waals surface area contributed by atoms with Crippen molar-refractivity contribution in [1.29, 1.82) is 0 Å². The van der Waals surface area contributed by atoms with Gasteiger partial charge in [0.15, 0.2) is 5.82 Å². The summed E-state index contributed by atoms with van der Waals surface area (Å²) in [5.41, 5.74) is 3.24. The number of hydrogen-bond acceptors (Lipinski definition) is 12. The second-order valence-electron chi connectivity index (χ2n) is 17.0. The highest BCUT2D eigenvalue weighted by molar-refractivity contribution is 7.90. The Labute approximate surface area is 405 Å². The summed E-state index contributed by atoms with van der Waals surface area (Å²) in [6.45, 7) is 8.11. The van der Waals surface area contributed by atoms with E-state index < -0.39 is 57.1 Å². The number of nitrogens with zero attached hydrogens (tertiary/aromatic N) is 6. The molecule has 3 saturated heterocycles. The van der Waals surface area contributed by atoms with E-state index in [9.17, 15) is 40.8 Å². The third-order valence-electron chi connectivity index (χ3n) is 12.4. The van der Waals surface area contributed by atoms with Crippen LogP contribution in [0.3, 0.4) is 0 Å². The van der Waals surface area contributed by atoms with Crippen molar-refractivity contribution in [3.05, 3.63) is 107 Å². The molecule has 5 aromatic rings. The van der Waals surface area contributed by atoms with Gasteiger partial charge < -0.3 is 25.2 Å². The fourth-order valence-electron chi connectivity index (χ4n) is 8.32. The van der Waals surface area contributed by atoms with Gasteiger partial charge >= 0.3 is 22.4 Å². The number of aliphatic carboxylic acids is 1. The number of carbonyl (C=O) groups is 5. The predicted octanol–water partition coefficient (Wildman–Crippen LogP) is 4.66. The molecular weight excluding hydrogens is 960 g/mol. The van der Waals surface area contributed by atoms with E-state index in [4.69, 9.17) is 9.90 Å². The van der Waals surface area contributed by atoms with E-state index in [-0.39, 0.29) is 29.8 Å². The number of fused-ring (bicyclic) bond motifs is 1. The van der Waals surface area contributed by atoms with Crippen LogP contribution in [0.15, 0.2) is 79.1 Å². The smallest absolute Gasteiger partial charge is 0.475 e. The Morgan fingerprint density at radius 1 is 0.915 bits per heavy atom. The summed E-state index contributed by atoms with van der Waals surface area (Å²) < 4.78 is 90.9. The third kappa shape index (κ3) is 12.5. The van der Waals surface area contributed by atoms with Crippen LogP contribution in [0.2, 0.25) is 0 Å². The van der Waals surface area contributed by atoms with Gasteiger partial charge in [-0.05, 0) is 53.9 Å². The molecule has 0 bridgehead atoms. The van der Waals surface area contributed by atoms with Crippen molar-refractivity contribution in [2.45, 2.75) is 38.5 Å². The van der Waals surface area contributed by atoms with Gasteiger partial charge in [0, 0.05) is 119 Å². The minimum absolute atomic E-state index is 0.0284. The van der Waals surface area contributed by atoms with Crippen LogP contribution in [-0.2, 0) is 35.9 Å². The fraction of sp³-hybridized carbons (Fsp3) is 0.362. The van der Waals surface area contributed by atoms with Crippen molar-refractivity contribution < 1.29 is 59.4 Å². The summed E-state index contributed by atoms with van der Waals surface area (Å²) in [5, 5.41) is 13.1. The van der Waals surface area contributed by atoms with E-state index >= 15 is 8.78 Å². The number of rotatable bonds is 14. The molecule has 1 atom stereocenters. The van der Waals surface area contributed by atoms with Crippen molar-refractivity contribution >= 4 is 67.8 Å². The summed E-state index contributed by atoms with van der Waals surface area (Å²) in [4.78, 5) is 76.1. The molecule has 378 valence electrons. The molecule has 3 fully saturated rings. The lowest BCUT2D eigenvalue weighted by Gasteiger charge is -2.38. The number of pyridine rings is 1. The standard InChI is InChI=1S/C45H50F2N10O6S.C2HF3O2/c1-3-53(2)64(62,63)52-37-12-11-36(46)41(42(37)47)43(60)35-26-49-44-34(35)23-30(25-48-44)33-10-5-4-7-29(33)27-54-17-21-57(22-18-54)40(59)28-55-15-19-56(20-16-55)32-9-6-8-31(24-32)50-38-13-14-39(58)51-45(38)61;3-2(4,5)1(6)7/h4-12,23-26,38,50,52H,3,13-22,27-28H2,1-2H3,(H,48,49)(H,51,58,61);(H,6,7). The maximum Gasteiger partial charge on any atom is 0.490 e. The largest absolute Gasteiger partial charge is 0.490 e. The number of carboxylic acids is 1. The molecule has 0 radical (unpaired) electrons. The van der Waals surface area contributed by atoms with Crippen LogP contribution < -0.4 is 20.3 Å². The fourth-order valence-corrected chi connectivity index (χ4v) is 9.25. The van der Waals surface area contributed by atoms with Crippen LogP contribution in [0.5, 0.6) is 0 Å². The lowest BCUT2D eigenvalue weighted by Crippen LogP contribution is -2.53. The first kappa shape index (κ1) is 51.8. The predicted molar refractivity (Wildman–Crippen MR) is 253 cm³/mol. The van der Waals surface area contributed by atoms with Crippen LogP contribution in [-0.4, -0.2) is 157 Å². The molecule has 3 aliphatic rings. The number of imide groups is 1. The Morgan fingerprint density at radius 3 is 2.28 bits per heavy atom. The first-order valence-electron chi connectivity index (χ1n) is 22.5. The number of anilines is 3. The normalized spacial score (nSPS) is 17.2. The molecule has 71 heavy (non-hydrogen) atoms. The van der Waals surface area contributed by atoms with Gasteiger partial charge in [-0.15, -0.1) is 0 Å². The van der Waals surface area contributed by atoms with Crippen LogP contribution in [0.1, 0.15) is 41.3 Å². The number of carbonyl (C=O) groups excluding carboxylic acids is 4. The summed E-state index contributed by atoms with van der Waals surface area (Å²) in [7, 11) is -2.85. The number of halogens is 5. The lowest BCUT2D eigenvalue weighted by atomic mass is 9.97. The number of nitrogens with one attached hydrogen (secondary N) is 4. The molecule has 0 spiro atoms. The Morgan fingerprint density at radius 2 is 1.61 bits per heavy atom. The molecule has 24 heteroatoms. The highest BCUT2D eigenvalue weighted by Gasteiger charge is 2.38. The molecule has 3 aromatic carbocycles. The van der Waals surface area contributed by atoms with Crippen molar-refractivity contribution in [3.8, 4) is 11.1 Å². The van der Waals surface area contributed by atoms with Gasteiger partial charge in [0.1, 0.15) is 17.5 Å². The van der Waals surface area contributed by atoms with Crippen LogP contribution in [0.25, 0.3) is 22.2 Å². The van der Waals surface area contributed by atoms with Gasteiger partial charge in [0.25, 0.3) is 0 Å². The van der Waals surface area contributed by atoms with E-state index in [1.165, 1.54) is 13.2 Å². The second-order valence-corrected chi connectivity index (χ2v) is 18.8. The Hall–Kier alpha value is -7.02. The number of benzene rings is 3. The number of piperidine rings is 1. The number of hydrogen-bond donors (Lipinski definition) is 5. The number of amides is 3. The van der Waals surface area contributed by atoms with Gasteiger partial charge in [0.05, 0.1) is 17.8 Å². The number of aromatic amines is 1. The van der Waals surface area contributed by atoms with Crippen molar-refractivity contribution in [3.63, 3.8) is 0 Å². The van der Waals surface area contributed by atoms with Crippen LogP contribution in [0, 0.1) is 11.6 Å². The van der Waals surface area contributed by atoms with Crippen molar-refractivity contribution in [1.82, 2.24) is 34.3 Å². The first-order valence-corrected chi connectivity index (χ1v) is 24.0. The zero-order valence-corrected chi connectivity index (χ0v) is 39.4. The Balaban J connectivity index is 0.000000985. The first-order chi connectivity index (χ1) is 33.7. The number of carboxylic acid groups (broad SMARTS) is 1. The van der Waals surface area contributed by atoms with Gasteiger partial charge in [-0.3, -0.25) is 39.0 Å². The molecule has 3 amide bonds. The number of aromatic nitrogens is 2. The molecule has 2 aromatic heterocycles. The Bertz CT molecular complexity index is 2920. The van der Waals surface area contributed by atoms with E-state index in [2.05, 4.69) is 40.0 Å². The zero-order valence-electron chi connectivity index (χ0n) is 38.6. The van der Waals surface area contributed by atoms with Gasteiger partial charge in [-0.1, -0.05) is 37.3 Å². The average molecular weight is 1010 g/mol. The maximum absolute atomic E-state index is 15.7. The molecule has 1 unspecified atom stereocenters. The second kappa shape index (κ2) is 22.0. The summed E-state index contributed by atoms with van der Waals surface area (Å²) >= 11 is 0. The van der Waals surface area contributed by atoms with E-state index in [0.717, 1.165) is 65.1 Å². The highest BCUT2D eigenvalue weighted by atomic mass is 32.2. The van der Waals surface area contributed by atoms with Gasteiger partial charge in [-0.25, -0.2) is 18.6 Å². The molecular formula is C47H51F5N10O8S. The quantitative estimate of drug-likeness (QED) is 0.0581. The van der Waals surface area contributed by atoms with Crippen molar-refractivity contribution in [2.75, 3.05) is 87.4 Å². The van der Waals surface area contributed by atoms with Crippen LogP contribution in [0.4, 0.5) is 39.0 Å². The Kier molecular flexibility index (Phi) is 16.0. The lowest BCUT2D eigenvalue weighted by molar-refractivity contribution is -0.192. The van der Waals surface area contributed by atoms with Crippen LogP contribution >= 0.6 is 0 Å². The topological polar surface area (TPSA) is 221 Å². The molecule has 0 aliphatic carbocycles. The minimum Gasteiger partial charge on any atom is -0.475 e. The van der Waals surface area contributed by atoms with Gasteiger partial charge in [-0.2, -0.15) is 25.9 Å². The molecule has 5 N–H and O–H groups in total. The third-order valence-corrected chi connectivity index (χ3v) is 14.0. The summed E-state index contributed by atoms with van der Waals surface area (Å²) in [5.74, 6) is -6.66. The zero-order chi connectivity index (χ0) is 51.2. The molecule has 8 rings (SSSR count). The summed E-state index contributed by atoms with van der Waals surface area (Å²) in [6, 6.07) is 18.8. The maximum atomic E-state index is 15.7. The summed E-state index contributed by atoms with van der Waals surface area (Å²) in [6.07, 6.45) is -1.32. The number of H-pyrrole nitrogens is 1. The SMILES string of the molecule is CCN(C)S(=O)(=O)Nc1ccc(F)c(C(=O)c2c[nH]c3ncc(-c4ccccc4CN4CCN(C(=O)CN5CCN(c6cccc(NC7CCC(=O)NC7=O)c6)CC5)CC4)cc23)c1F.O=C(O)C(F)(F)F. The van der Waals surface area contributed by atoms with Gasteiger partial charge in [0.2, 0.25) is 23.5 Å². The number of ketones is 1. The number of alkyl halides is 3. The highest BCUT2D eigenvalue weighted by Crippen LogP contribution is 2.32. The minimum atomic E-state index is -5.08. The van der Waals surface area contributed by atoms with E-state index in [0.29, 0.717) is 68.7 Å². The number of piperazine rings is 2.